The smallest absolute Gasteiger partial charge is 0.202 e. The third-order valence-electron chi connectivity index (χ3n) is 8.02. The summed E-state index contributed by atoms with van der Waals surface area (Å²) in [4.78, 5) is 27.2. The first kappa shape index (κ1) is 26.5. The molecule has 0 radical (unpaired) electrons. The molecule has 1 unspecified atom stereocenters. The minimum Gasteiger partial charge on any atom is -0.507 e. The summed E-state index contributed by atoms with van der Waals surface area (Å²) < 4.78 is 17.2. The maximum atomic E-state index is 13.7. The Morgan fingerprint density at radius 2 is 1.82 bits per heavy atom. The van der Waals surface area contributed by atoms with Crippen LogP contribution < -0.4 is 10.5 Å². The van der Waals surface area contributed by atoms with Gasteiger partial charge in [-0.2, -0.15) is 0 Å². The van der Waals surface area contributed by atoms with Crippen molar-refractivity contribution in [2.45, 2.75) is 75.5 Å². The van der Waals surface area contributed by atoms with E-state index < -0.39 is 65.4 Å². The molecule has 1 saturated heterocycles. The van der Waals surface area contributed by atoms with E-state index >= 15 is 0 Å². The van der Waals surface area contributed by atoms with E-state index in [9.17, 15) is 35.1 Å². The zero-order valence-corrected chi connectivity index (χ0v) is 21.3. The molecule has 0 spiro atoms. The first-order valence-electron chi connectivity index (χ1n) is 12.5. The number of hydrogen-bond donors (Lipinski definition) is 6. The average molecular weight is 531 g/mol. The molecule has 7 atom stereocenters. The molecule has 0 amide bonds. The fourth-order valence-corrected chi connectivity index (χ4v) is 5.80. The van der Waals surface area contributed by atoms with Crippen molar-refractivity contribution in [2.75, 3.05) is 7.11 Å². The summed E-state index contributed by atoms with van der Waals surface area (Å²) in [5.74, 6) is -2.39. The molecule has 2 aromatic rings. The topological polar surface area (TPSA) is 191 Å². The van der Waals surface area contributed by atoms with Crippen LogP contribution in [0.1, 0.15) is 75.8 Å². The first-order valence-corrected chi connectivity index (χ1v) is 12.5. The molecule has 0 aromatic heterocycles. The Bertz CT molecular complexity index is 1310. The molecule has 1 heterocycles. The summed E-state index contributed by atoms with van der Waals surface area (Å²) in [5.41, 5.74) is 1.36. The van der Waals surface area contributed by atoms with Crippen molar-refractivity contribution in [3.05, 3.63) is 51.6 Å². The minimum atomic E-state index is -1.79. The highest BCUT2D eigenvalue weighted by Crippen LogP contribution is 2.52. The van der Waals surface area contributed by atoms with Crippen molar-refractivity contribution in [3.63, 3.8) is 0 Å². The van der Waals surface area contributed by atoms with Gasteiger partial charge in [0.1, 0.15) is 29.4 Å². The number of carbonyl (C=O) groups is 2. The summed E-state index contributed by atoms with van der Waals surface area (Å²) in [6.45, 7) is 3.05. The van der Waals surface area contributed by atoms with Gasteiger partial charge in [0.05, 0.1) is 54.1 Å². The van der Waals surface area contributed by atoms with E-state index in [-0.39, 0.29) is 58.4 Å². The summed E-state index contributed by atoms with van der Waals surface area (Å²) in [5, 5.41) is 54.8. The maximum Gasteiger partial charge on any atom is 0.202 e. The van der Waals surface area contributed by atoms with Crippen LogP contribution >= 0.6 is 0 Å². The fourth-order valence-electron chi connectivity index (χ4n) is 5.80. The maximum absolute atomic E-state index is 13.7. The molecule has 11 nitrogen and oxygen atoms in total. The van der Waals surface area contributed by atoms with Gasteiger partial charge in [0, 0.05) is 29.5 Å². The number of aliphatic hydroxyl groups is 3. The second-order valence-electron chi connectivity index (χ2n) is 10.4. The Balaban J connectivity index is 1.68. The normalized spacial score (nSPS) is 31.3. The van der Waals surface area contributed by atoms with Crippen LogP contribution in [-0.2, 0) is 15.9 Å². The summed E-state index contributed by atoms with van der Waals surface area (Å²) in [6.07, 6.45) is -5.05. The quantitative estimate of drug-likeness (QED) is 0.252. The van der Waals surface area contributed by atoms with Gasteiger partial charge in [-0.15, -0.1) is 0 Å². The highest BCUT2D eigenvalue weighted by Gasteiger charge is 2.49. The molecule has 2 aliphatic carbocycles. The van der Waals surface area contributed by atoms with Crippen molar-refractivity contribution in [2.24, 2.45) is 0 Å². The third-order valence-corrected chi connectivity index (χ3v) is 8.02. The van der Waals surface area contributed by atoms with E-state index in [1.54, 1.807) is 6.92 Å². The van der Waals surface area contributed by atoms with Crippen LogP contribution in [0.25, 0.3) is 0 Å². The number of benzene rings is 2. The molecule has 204 valence electrons. The van der Waals surface area contributed by atoms with Gasteiger partial charge in [0.2, 0.25) is 5.78 Å². The van der Waals surface area contributed by atoms with Crippen molar-refractivity contribution < 1.29 is 55.1 Å². The largest absolute Gasteiger partial charge is 0.507 e. The third kappa shape index (κ3) is 3.89. The van der Waals surface area contributed by atoms with Gasteiger partial charge in [-0.25, -0.2) is 0 Å². The number of ether oxygens (including phenoxy) is 3. The van der Waals surface area contributed by atoms with Gasteiger partial charge in [-0.1, -0.05) is 12.1 Å². The molecule has 0 saturated carbocycles. The van der Waals surface area contributed by atoms with Crippen LogP contribution in [0.5, 0.6) is 17.2 Å². The number of quaternary nitrogens is 1. The lowest BCUT2D eigenvalue weighted by atomic mass is 9.71. The van der Waals surface area contributed by atoms with Gasteiger partial charge >= 0.3 is 0 Å². The van der Waals surface area contributed by atoms with E-state index in [0.717, 1.165) is 0 Å². The SMILES string of the molecule is COc1cccc2c1C(=O)c1c(O)c3c(c(O)c1C2=O)C[C@@](O)(C(C)O)C[C@@H]3O[C@H]1C[C@H]([NH3+])[C@H](O)[C@H](C)O1. The summed E-state index contributed by atoms with van der Waals surface area (Å²) >= 11 is 0. The molecule has 5 rings (SSSR count). The Labute approximate surface area is 218 Å². The van der Waals surface area contributed by atoms with Crippen molar-refractivity contribution in [3.8, 4) is 17.2 Å². The monoisotopic (exact) mass is 530 g/mol. The number of aromatic hydroxyl groups is 2. The molecule has 38 heavy (non-hydrogen) atoms. The number of aliphatic hydroxyl groups excluding tert-OH is 2. The van der Waals surface area contributed by atoms with Gasteiger partial charge in [0.25, 0.3) is 0 Å². The van der Waals surface area contributed by atoms with Crippen molar-refractivity contribution in [1.29, 1.82) is 0 Å². The molecular weight excluding hydrogens is 498 g/mol. The number of phenols is 2. The molecule has 1 fully saturated rings. The lowest BCUT2D eigenvalue weighted by Crippen LogP contribution is -2.71. The summed E-state index contributed by atoms with van der Waals surface area (Å²) in [7, 11) is 1.35. The molecule has 11 heteroatoms. The lowest BCUT2D eigenvalue weighted by molar-refractivity contribution is -0.466. The van der Waals surface area contributed by atoms with Crippen molar-refractivity contribution >= 4 is 11.6 Å². The lowest BCUT2D eigenvalue weighted by Gasteiger charge is -2.43. The predicted molar refractivity (Wildman–Crippen MR) is 130 cm³/mol. The number of phenolic OH excluding ortho intramolecular Hbond substituents is 2. The molecular formula is C27H32NO10+. The van der Waals surface area contributed by atoms with Gasteiger partial charge in [-0.05, 0) is 19.9 Å². The number of ketones is 2. The van der Waals surface area contributed by atoms with Crippen LogP contribution in [0, 0.1) is 0 Å². The average Bonchev–Trinajstić information content (AvgIpc) is 2.87. The van der Waals surface area contributed by atoms with E-state index in [4.69, 9.17) is 14.2 Å². The van der Waals surface area contributed by atoms with Gasteiger partial charge in [-0.3, -0.25) is 9.59 Å². The number of hydrogen-bond acceptors (Lipinski definition) is 10. The van der Waals surface area contributed by atoms with E-state index in [1.165, 1.54) is 32.2 Å². The molecule has 1 aliphatic heterocycles. The molecule has 8 N–H and O–H groups in total. The Morgan fingerprint density at radius 1 is 1.13 bits per heavy atom. The number of carbonyl (C=O) groups excluding carboxylic acids is 2. The number of rotatable bonds is 4. The highest BCUT2D eigenvalue weighted by atomic mass is 16.7. The highest BCUT2D eigenvalue weighted by molar-refractivity contribution is 6.31. The molecule has 0 bridgehead atoms. The van der Waals surface area contributed by atoms with Gasteiger partial charge in [0.15, 0.2) is 12.1 Å². The second-order valence-corrected chi connectivity index (χ2v) is 10.4. The second kappa shape index (κ2) is 9.30. The van der Waals surface area contributed by atoms with Crippen LogP contribution in [-0.4, -0.2) is 80.5 Å². The molecule has 2 aromatic carbocycles. The van der Waals surface area contributed by atoms with E-state index in [2.05, 4.69) is 5.73 Å². The Morgan fingerprint density at radius 3 is 2.45 bits per heavy atom. The number of methoxy groups -OCH3 is 1. The minimum absolute atomic E-state index is 0.00976. The van der Waals surface area contributed by atoms with Crippen LogP contribution in [0.4, 0.5) is 0 Å². The zero-order valence-electron chi connectivity index (χ0n) is 21.3. The number of fused-ring (bicyclic) bond motifs is 3. The Kier molecular flexibility index (Phi) is 6.49. The summed E-state index contributed by atoms with van der Waals surface area (Å²) in [6, 6.07) is 4.07. The first-order chi connectivity index (χ1) is 17.9. The van der Waals surface area contributed by atoms with Crippen molar-refractivity contribution in [1.82, 2.24) is 0 Å². The van der Waals surface area contributed by atoms with E-state index in [1.807, 2.05) is 0 Å². The predicted octanol–water partition coefficient (Wildman–Crippen LogP) is 0.104. The van der Waals surface area contributed by atoms with Crippen LogP contribution in [0.3, 0.4) is 0 Å². The van der Waals surface area contributed by atoms with Gasteiger partial charge < -0.3 is 45.5 Å². The zero-order chi connectivity index (χ0) is 27.7. The molecule has 3 aliphatic rings. The van der Waals surface area contributed by atoms with E-state index in [0.29, 0.717) is 0 Å². The fraction of sp³-hybridized carbons (Fsp3) is 0.481. The standard InChI is InChI=1S/C27H31NO10/c1-10-22(30)14(28)7-17(37-10)38-16-9-27(35,11(2)29)8-13-19(16)26(34)21-20(24(13)32)23(31)12-5-4-6-15(36-3)18(12)25(21)33/h4-6,10-11,14,16-17,22,29-30,32,34-35H,7-9,28H2,1-3H3/p+1/t10-,11?,14-,16-,17-,22+,27-/m0/s1. The van der Waals surface area contributed by atoms with Crippen LogP contribution in [0.15, 0.2) is 18.2 Å². The Hall–Kier alpha value is -3.06. The van der Waals surface area contributed by atoms with Crippen LogP contribution in [0.2, 0.25) is 0 Å².